The van der Waals surface area contributed by atoms with Gasteiger partial charge < -0.3 is 20.4 Å². The lowest BCUT2D eigenvalue weighted by Crippen LogP contribution is -2.62. The standard InChI is InChI=1S/C15H28O4/c16-9-14(10-17,11-18)15(19,12-5-1-2-6-12)13-7-3-4-8-13/h12-13,16-19H,1-11H2. The number of hydrogen-bond donors (Lipinski definition) is 4. The molecule has 2 fully saturated rings. The molecule has 4 N–H and O–H groups in total. The lowest BCUT2D eigenvalue weighted by atomic mass is 9.59. The second-order valence-electron chi connectivity index (χ2n) is 6.54. The van der Waals surface area contributed by atoms with Crippen molar-refractivity contribution < 1.29 is 20.4 Å². The number of aliphatic hydroxyl groups excluding tert-OH is 3. The zero-order valence-corrected chi connectivity index (χ0v) is 11.7. The maximum absolute atomic E-state index is 11.4. The molecule has 0 bridgehead atoms. The van der Waals surface area contributed by atoms with Crippen LogP contribution < -0.4 is 0 Å². The highest BCUT2D eigenvalue weighted by molar-refractivity contribution is 5.08. The summed E-state index contributed by atoms with van der Waals surface area (Å²) in [6.45, 7) is -1.07. The molecule has 4 nitrogen and oxygen atoms in total. The summed E-state index contributed by atoms with van der Waals surface area (Å²) in [5.74, 6) is 0.198. The Bertz CT molecular complexity index is 252. The fourth-order valence-electron chi connectivity index (χ4n) is 4.46. The highest BCUT2D eigenvalue weighted by atomic mass is 16.3. The Balaban J connectivity index is 2.36. The minimum absolute atomic E-state index is 0.0991. The van der Waals surface area contributed by atoms with E-state index in [0.29, 0.717) is 0 Å². The van der Waals surface area contributed by atoms with Crippen molar-refractivity contribution in [2.45, 2.75) is 57.0 Å². The van der Waals surface area contributed by atoms with E-state index in [4.69, 9.17) is 0 Å². The van der Waals surface area contributed by atoms with E-state index in [-0.39, 0.29) is 31.7 Å². The van der Waals surface area contributed by atoms with Gasteiger partial charge in [-0.25, -0.2) is 0 Å². The van der Waals surface area contributed by atoms with Crippen LogP contribution in [0.4, 0.5) is 0 Å². The van der Waals surface area contributed by atoms with Gasteiger partial charge in [0, 0.05) is 0 Å². The maximum atomic E-state index is 11.4. The summed E-state index contributed by atoms with van der Waals surface area (Å²) in [7, 11) is 0. The predicted molar refractivity (Wildman–Crippen MR) is 72.6 cm³/mol. The summed E-state index contributed by atoms with van der Waals surface area (Å²) in [6.07, 6.45) is 8.14. The Morgan fingerprint density at radius 1 is 0.684 bits per heavy atom. The van der Waals surface area contributed by atoms with Gasteiger partial charge in [0.15, 0.2) is 0 Å². The van der Waals surface area contributed by atoms with Crippen LogP contribution in [-0.2, 0) is 0 Å². The quantitative estimate of drug-likeness (QED) is 0.583. The van der Waals surface area contributed by atoms with Gasteiger partial charge in [-0.3, -0.25) is 0 Å². The number of hydrogen-bond acceptors (Lipinski definition) is 4. The number of aliphatic hydroxyl groups is 4. The minimum atomic E-state index is -1.17. The zero-order valence-electron chi connectivity index (χ0n) is 11.7. The fourth-order valence-corrected chi connectivity index (χ4v) is 4.46. The Hall–Kier alpha value is -0.160. The van der Waals surface area contributed by atoms with E-state index in [1.807, 2.05) is 0 Å². The summed E-state index contributed by atoms with van der Waals surface area (Å²) in [4.78, 5) is 0. The first-order valence-corrected chi connectivity index (χ1v) is 7.69. The third-order valence-electron chi connectivity index (χ3n) is 5.71. The Morgan fingerprint density at radius 3 is 1.26 bits per heavy atom. The Labute approximate surface area is 115 Å². The first-order valence-electron chi connectivity index (χ1n) is 7.69. The molecule has 19 heavy (non-hydrogen) atoms. The van der Waals surface area contributed by atoms with Crippen LogP contribution in [0.3, 0.4) is 0 Å². The highest BCUT2D eigenvalue weighted by Gasteiger charge is 2.58. The van der Waals surface area contributed by atoms with Gasteiger partial charge in [-0.15, -0.1) is 0 Å². The summed E-state index contributed by atoms with van der Waals surface area (Å²) in [5, 5.41) is 40.7. The first-order chi connectivity index (χ1) is 9.14. The predicted octanol–water partition coefficient (Wildman–Crippen LogP) is 1.06. The molecule has 0 spiro atoms. The van der Waals surface area contributed by atoms with Crippen LogP contribution in [-0.4, -0.2) is 45.8 Å². The van der Waals surface area contributed by atoms with Crippen molar-refractivity contribution in [3.63, 3.8) is 0 Å². The van der Waals surface area contributed by atoms with Crippen LogP contribution in [0.25, 0.3) is 0 Å². The highest BCUT2D eigenvalue weighted by Crippen LogP contribution is 2.52. The second-order valence-corrected chi connectivity index (χ2v) is 6.54. The summed E-state index contributed by atoms with van der Waals surface area (Å²) >= 11 is 0. The largest absolute Gasteiger partial charge is 0.395 e. The van der Waals surface area contributed by atoms with Gasteiger partial charge >= 0.3 is 0 Å². The van der Waals surface area contributed by atoms with Crippen molar-refractivity contribution in [3.8, 4) is 0 Å². The molecule has 0 saturated heterocycles. The van der Waals surface area contributed by atoms with Gasteiger partial charge in [0.2, 0.25) is 0 Å². The lowest BCUT2D eigenvalue weighted by Gasteiger charge is -2.51. The topological polar surface area (TPSA) is 80.9 Å². The van der Waals surface area contributed by atoms with Gasteiger partial charge in [0.05, 0.1) is 30.8 Å². The Morgan fingerprint density at radius 2 is 1.00 bits per heavy atom. The molecule has 0 heterocycles. The summed E-state index contributed by atoms with van der Waals surface area (Å²) in [6, 6.07) is 0. The van der Waals surface area contributed by atoms with Crippen LogP contribution in [0, 0.1) is 17.3 Å². The van der Waals surface area contributed by atoms with E-state index in [1.54, 1.807) is 0 Å². The van der Waals surface area contributed by atoms with Crippen LogP contribution in [0.5, 0.6) is 0 Å². The third kappa shape index (κ3) is 2.33. The molecule has 2 saturated carbocycles. The third-order valence-corrected chi connectivity index (χ3v) is 5.71. The van der Waals surface area contributed by atoms with Crippen molar-refractivity contribution in [2.24, 2.45) is 17.3 Å². The molecule has 0 aromatic heterocycles. The molecular formula is C15H28O4. The lowest BCUT2D eigenvalue weighted by molar-refractivity contribution is -0.208. The van der Waals surface area contributed by atoms with Crippen LogP contribution >= 0.6 is 0 Å². The molecular weight excluding hydrogens is 244 g/mol. The van der Waals surface area contributed by atoms with Crippen LogP contribution in [0.15, 0.2) is 0 Å². The molecule has 0 radical (unpaired) electrons. The molecule has 0 aromatic rings. The van der Waals surface area contributed by atoms with Crippen LogP contribution in [0.1, 0.15) is 51.4 Å². The van der Waals surface area contributed by atoms with Crippen molar-refractivity contribution in [1.29, 1.82) is 0 Å². The van der Waals surface area contributed by atoms with E-state index in [9.17, 15) is 20.4 Å². The molecule has 0 aromatic carbocycles. The molecule has 0 unspecified atom stereocenters. The molecule has 112 valence electrons. The van der Waals surface area contributed by atoms with Crippen LogP contribution in [0.2, 0.25) is 0 Å². The maximum Gasteiger partial charge on any atom is 0.0825 e. The zero-order chi connectivity index (χ0) is 13.9. The van der Waals surface area contributed by atoms with E-state index in [1.165, 1.54) is 0 Å². The van der Waals surface area contributed by atoms with Crippen molar-refractivity contribution in [3.05, 3.63) is 0 Å². The van der Waals surface area contributed by atoms with Gasteiger partial charge in [0.1, 0.15) is 0 Å². The van der Waals surface area contributed by atoms with Gasteiger partial charge in [0.25, 0.3) is 0 Å². The SMILES string of the molecule is OCC(CO)(CO)C(O)(C1CCCC1)C1CCCC1. The number of rotatable bonds is 6. The molecule has 2 aliphatic rings. The smallest absolute Gasteiger partial charge is 0.0825 e. The summed E-state index contributed by atoms with van der Waals surface area (Å²) < 4.78 is 0. The van der Waals surface area contributed by atoms with Crippen molar-refractivity contribution in [1.82, 2.24) is 0 Å². The van der Waals surface area contributed by atoms with E-state index in [2.05, 4.69) is 0 Å². The average molecular weight is 272 g/mol. The van der Waals surface area contributed by atoms with Crippen molar-refractivity contribution in [2.75, 3.05) is 19.8 Å². The fraction of sp³-hybridized carbons (Fsp3) is 1.00. The monoisotopic (exact) mass is 272 g/mol. The summed E-state index contributed by atoms with van der Waals surface area (Å²) in [5.41, 5.74) is -2.30. The van der Waals surface area contributed by atoms with E-state index < -0.39 is 11.0 Å². The molecule has 0 atom stereocenters. The van der Waals surface area contributed by atoms with Gasteiger partial charge in [-0.1, -0.05) is 25.7 Å². The second kappa shape index (κ2) is 6.08. The van der Waals surface area contributed by atoms with Gasteiger partial charge in [-0.05, 0) is 37.5 Å². The van der Waals surface area contributed by atoms with Gasteiger partial charge in [-0.2, -0.15) is 0 Å². The molecule has 0 aliphatic heterocycles. The molecule has 2 rings (SSSR count). The molecule has 0 amide bonds. The molecule has 2 aliphatic carbocycles. The minimum Gasteiger partial charge on any atom is -0.395 e. The van der Waals surface area contributed by atoms with Crippen molar-refractivity contribution >= 4 is 0 Å². The molecule has 4 heteroatoms. The average Bonchev–Trinajstić information content (AvgIpc) is 3.14. The van der Waals surface area contributed by atoms with E-state index in [0.717, 1.165) is 51.4 Å². The normalized spacial score (nSPS) is 23.4. The van der Waals surface area contributed by atoms with E-state index >= 15 is 0 Å². The Kier molecular flexibility index (Phi) is 4.88. The first kappa shape index (κ1) is 15.2.